The lowest BCUT2D eigenvalue weighted by Gasteiger charge is -2.34. The van der Waals surface area contributed by atoms with E-state index in [1.165, 1.54) is 4.88 Å². The first-order valence-corrected chi connectivity index (χ1v) is 10.6. The summed E-state index contributed by atoms with van der Waals surface area (Å²) in [6.45, 7) is 8.10. The standard InChI is InChI=1S/C19H35N5O2S.HI/c1-20-19(21-7-9-23(2)8-5-12-25-3)22-16-17(18-6-4-15-27-18)24-10-13-26-14-11-24;/h4,6,15,17H,5,7-14,16H2,1-3H3,(H2,20,21,22);1H. The molecule has 162 valence electrons. The van der Waals surface area contributed by atoms with E-state index in [4.69, 9.17) is 9.47 Å². The molecule has 0 spiro atoms. The molecule has 0 amide bonds. The van der Waals surface area contributed by atoms with Crippen LogP contribution in [0.2, 0.25) is 0 Å². The van der Waals surface area contributed by atoms with E-state index in [-0.39, 0.29) is 24.0 Å². The van der Waals surface area contributed by atoms with Crippen molar-refractivity contribution in [2.45, 2.75) is 12.5 Å². The molecular weight excluding hydrogens is 489 g/mol. The van der Waals surface area contributed by atoms with Crippen molar-refractivity contribution in [2.24, 2.45) is 4.99 Å². The number of methoxy groups -OCH3 is 1. The summed E-state index contributed by atoms with van der Waals surface area (Å²) in [6, 6.07) is 4.70. The van der Waals surface area contributed by atoms with Gasteiger partial charge in [-0.25, -0.2) is 0 Å². The van der Waals surface area contributed by atoms with Crippen molar-refractivity contribution in [1.82, 2.24) is 20.4 Å². The molecule has 1 aromatic heterocycles. The quantitative estimate of drug-likeness (QED) is 0.199. The minimum atomic E-state index is 0. The molecule has 1 atom stereocenters. The number of guanidine groups is 1. The molecule has 0 bridgehead atoms. The molecule has 0 aliphatic carbocycles. The highest BCUT2D eigenvalue weighted by Gasteiger charge is 2.23. The number of thiophene rings is 1. The number of hydrogen-bond donors (Lipinski definition) is 2. The molecule has 2 N–H and O–H groups in total. The molecule has 28 heavy (non-hydrogen) atoms. The maximum atomic E-state index is 5.52. The smallest absolute Gasteiger partial charge is 0.191 e. The molecule has 2 rings (SSSR count). The minimum absolute atomic E-state index is 0. The third-order valence-corrected chi connectivity index (χ3v) is 5.69. The van der Waals surface area contributed by atoms with E-state index in [0.29, 0.717) is 6.04 Å². The number of nitrogens with zero attached hydrogens (tertiary/aromatic N) is 3. The average Bonchev–Trinajstić information content (AvgIpc) is 3.22. The molecule has 1 aromatic rings. The van der Waals surface area contributed by atoms with Gasteiger partial charge in [-0.1, -0.05) is 6.07 Å². The monoisotopic (exact) mass is 525 g/mol. The highest BCUT2D eigenvalue weighted by molar-refractivity contribution is 14.0. The van der Waals surface area contributed by atoms with Crippen molar-refractivity contribution >= 4 is 41.3 Å². The Morgan fingerprint density at radius 1 is 1.36 bits per heavy atom. The summed E-state index contributed by atoms with van der Waals surface area (Å²) in [5.41, 5.74) is 0. The topological polar surface area (TPSA) is 61.4 Å². The number of ether oxygens (including phenoxy) is 2. The van der Waals surface area contributed by atoms with Crippen molar-refractivity contribution in [2.75, 3.05) is 80.3 Å². The van der Waals surface area contributed by atoms with Crippen LogP contribution in [-0.4, -0.2) is 96.1 Å². The van der Waals surface area contributed by atoms with Crippen LogP contribution in [0.5, 0.6) is 0 Å². The fourth-order valence-electron chi connectivity index (χ4n) is 3.15. The van der Waals surface area contributed by atoms with Crippen LogP contribution in [0.1, 0.15) is 17.3 Å². The van der Waals surface area contributed by atoms with Crippen LogP contribution in [0, 0.1) is 0 Å². The minimum Gasteiger partial charge on any atom is -0.385 e. The fourth-order valence-corrected chi connectivity index (χ4v) is 4.01. The number of halogens is 1. The van der Waals surface area contributed by atoms with Gasteiger partial charge in [0.25, 0.3) is 0 Å². The molecule has 0 radical (unpaired) electrons. The van der Waals surface area contributed by atoms with Crippen LogP contribution in [0.25, 0.3) is 0 Å². The first-order valence-electron chi connectivity index (χ1n) is 9.71. The number of aliphatic imine (C=N–C) groups is 1. The molecule has 1 aliphatic rings. The van der Waals surface area contributed by atoms with Crippen LogP contribution >= 0.6 is 35.3 Å². The summed E-state index contributed by atoms with van der Waals surface area (Å²) < 4.78 is 10.6. The second kappa shape index (κ2) is 15.4. The largest absolute Gasteiger partial charge is 0.385 e. The van der Waals surface area contributed by atoms with Gasteiger partial charge in [-0.3, -0.25) is 9.89 Å². The molecule has 1 aliphatic heterocycles. The summed E-state index contributed by atoms with van der Waals surface area (Å²) in [5.74, 6) is 0.857. The zero-order chi connectivity index (χ0) is 19.3. The Labute approximate surface area is 190 Å². The lowest BCUT2D eigenvalue weighted by atomic mass is 10.2. The second-order valence-electron chi connectivity index (χ2n) is 6.71. The van der Waals surface area contributed by atoms with Gasteiger partial charge in [0.1, 0.15) is 0 Å². The Kier molecular flexibility index (Phi) is 14.1. The van der Waals surface area contributed by atoms with E-state index in [1.54, 1.807) is 7.11 Å². The van der Waals surface area contributed by atoms with Crippen molar-refractivity contribution in [1.29, 1.82) is 0 Å². The first kappa shape index (κ1) is 25.6. The van der Waals surface area contributed by atoms with E-state index < -0.39 is 0 Å². The zero-order valence-corrected chi connectivity index (χ0v) is 20.5. The molecule has 9 heteroatoms. The van der Waals surface area contributed by atoms with Gasteiger partial charge in [-0.15, -0.1) is 35.3 Å². The highest BCUT2D eigenvalue weighted by Crippen LogP contribution is 2.25. The number of likely N-dealkylation sites (N-methyl/N-ethyl adjacent to an activating group) is 1. The Balaban J connectivity index is 0.00000392. The fraction of sp³-hybridized carbons (Fsp3) is 0.737. The first-order chi connectivity index (χ1) is 13.2. The Morgan fingerprint density at radius 2 is 2.14 bits per heavy atom. The third kappa shape index (κ3) is 9.36. The van der Waals surface area contributed by atoms with Gasteiger partial charge in [-0.2, -0.15) is 0 Å². The Bertz CT molecular complexity index is 526. The summed E-state index contributed by atoms with van der Waals surface area (Å²) in [5, 5.41) is 9.07. The molecule has 0 aromatic carbocycles. The van der Waals surface area contributed by atoms with E-state index in [0.717, 1.165) is 71.5 Å². The number of nitrogens with one attached hydrogen (secondary N) is 2. The van der Waals surface area contributed by atoms with Gasteiger partial charge >= 0.3 is 0 Å². The molecule has 1 fully saturated rings. The normalized spacial score (nSPS) is 16.6. The SMILES string of the molecule is CN=C(NCCN(C)CCCOC)NCC(c1cccs1)N1CCOCC1.I. The van der Waals surface area contributed by atoms with Crippen molar-refractivity contribution in [3.05, 3.63) is 22.4 Å². The van der Waals surface area contributed by atoms with Crippen molar-refractivity contribution < 1.29 is 9.47 Å². The molecule has 2 heterocycles. The lowest BCUT2D eigenvalue weighted by Crippen LogP contribution is -2.47. The Morgan fingerprint density at radius 3 is 2.79 bits per heavy atom. The molecular formula is C19H36IN5O2S. The van der Waals surface area contributed by atoms with Crippen LogP contribution in [0.4, 0.5) is 0 Å². The van der Waals surface area contributed by atoms with Gasteiger partial charge in [0.05, 0.1) is 19.3 Å². The number of morpholine rings is 1. The molecule has 7 nitrogen and oxygen atoms in total. The second-order valence-corrected chi connectivity index (χ2v) is 7.69. The summed E-state index contributed by atoms with van der Waals surface area (Å²) in [6.07, 6.45) is 1.06. The van der Waals surface area contributed by atoms with E-state index in [1.807, 2.05) is 18.4 Å². The summed E-state index contributed by atoms with van der Waals surface area (Å²) in [4.78, 5) is 10.6. The predicted molar refractivity (Wildman–Crippen MR) is 128 cm³/mol. The van der Waals surface area contributed by atoms with Gasteiger partial charge < -0.3 is 25.0 Å². The zero-order valence-electron chi connectivity index (χ0n) is 17.4. The maximum absolute atomic E-state index is 5.52. The molecule has 1 unspecified atom stereocenters. The van der Waals surface area contributed by atoms with Gasteiger partial charge in [0, 0.05) is 64.9 Å². The number of rotatable bonds is 11. The van der Waals surface area contributed by atoms with Crippen LogP contribution in [0.15, 0.2) is 22.5 Å². The van der Waals surface area contributed by atoms with Crippen molar-refractivity contribution in [3.63, 3.8) is 0 Å². The lowest BCUT2D eigenvalue weighted by molar-refractivity contribution is 0.0177. The van der Waals surface area contributed by atoms with Gasteiger partial charge in [0.15, 0.2) is 5.96 Å². The molecule has 1 saturated heterocycles. The summed E-state index contributed by atoms with van der Waals surface area (Å²) in [7, 11) is 5.71. The average molecular weight is 526 g/mol. The number of hydrogen-bond acceptors (Lipinski definition) is 6. The van der Waals surface area contributed by atoms with Crippen LogP contribution in [0.3, 0.4) is 0 Å². The Hall–Kier alpha value is -0.460. The summed E-state index contributed by atoms with van der Waals surface area (Å²) >= 11 is 1.82. The van der Waals surface area contributed by atoms with Gasteiger partial charge in [-0.05, 0) is 24.9 Å². The van der Waals surface area contributed by atoms with Crippen LogP contribution in [-0.2, 0) is 9.47 Å². The maximum Gasteiger partial charge on any atom is 0.191 e. The van der Waals surface area contributed by atoms with E-state index in [9.17, 15) is 0 Å². The van der Waals surface area contributed by atoms with Crippen LogP contribution < -0.4 is 10.6 Å². The van der Waals surface area contributed by atoms with Gasteiger partial charge in [0.2, 0.25) is 0 Å². The van der Waals surface area contributed by atoms with E-state index >= 15 is 0 Å². The molecule has 0 saturated carbocycles. The predicted octanol–water partition coefficient (Wildman–Crippen LogP) is 1.87. The highest BCUT2D eigenvalue weighted by atomic mass is 127. The third-order valence-electron chi connectivity index (χ3n) is 4.72. The van der Waals surface area contributed by atoms with Crippen molar-refractivity contribution in [3.8, 4) is 0 Å². The van der Waals surface area contributed by atoms with E-state index in [2.05, 4.69) is 50.0 Å².